The van der Waals surface area contributed by atoms with Gasteiger partial charge in [0.25, 0.3) is 0 Å². The number of aliphatic hydroxyl groups excluding tert-OH is 3. The van der Waals surface area contributed by atoms with Gasteiger partial charge in [0.2, 0.25) is 0 Å². The maximum Gasteiger partial charge on any atom is 0 e. The molecule has 0 bridgehead atoms. The molecule has 0 saturated heterocycles. The number of rotatable bonds is 4. The van der Waals surface area contributed by atoms with Crippen molar-refractivity contribution in [2.24, 2.45) is 17.8 Å². The standard InChI is InChI=1S/C8H4F9Ge.3C4H10O.Zr/c9-6(10,11)18(7(12,13)14,8(15,16)17)5-3-1-2-4-5;3*1-4(2)3-5;/h1-4H;3*4-5H,3H2,1-2H3;/q-1;;;;. The Hall–Kier alpha value is 0.0260. The van der Waals surface area contributed by atoms with E-state index in [1.807, 2.05) is 41.5 Å². The Labute approximate surface area is 216 Å². The van der Waals surface area contributed by atoms with E-state index in [0.29, 0.717) is 37.6 Å². The van der Waals surface area contributed by atoms with Gasteiger partial charge in [0.15, 0.2) is 0 Å². The predicted octanol–water partition coefficient (Wildman–Crippen LogP) is 5.27. The average Bonchev–Trinajstić information content (AvgIpc) is 3.13. The van der Waals surface area contributed by atoms with E-state index in [1.165, 1.54) is 0 Å². The van der Waals surface area contributed by atoms with E-state index in [9.17, 15) is 39.5 Å². The van der Waals surface area contributed by atoms with Crippen molar-refractivity contribution < 1.29 is 81.0 Å². The van der Waals surface area contributed by atoms with E-state index in [0.717, 1.165) is 12.1 Å². The molecule has 0 heterocycles. The fraction of sp³-hybridized carbons (Fsp3) is 0.750. The zero-order valence-corrected chi connectivity index (χ0v) is 24.5. The van der Waals surface area contributed by atoms with E-state index >= 15 is 0 Å². The minimum Gasteiger partial charge on any atom is 0 e. The summed E-state index contributed by atoms with van der Waals surface area (Å²) in [6.45, 7) is 12.7. The molecule has 0 saturated carbocycles. The first kappa shape index (κ1) is 41.2. The second-order valence-electron chi connectivity index (χ2n) is 8.15. The summed E-state index contributed by atoms with van der Waals surface area (Å²) in [6, 6.07) is 1.90. The number of hydrogen-bond acceptors (Lipinski definition) is 3. The van der Waals surface area contributed by atoms with E-state index in [2.05, 4.69) is 0 Å². The molecule has 3 nitrogen and oxygen atoms in total. The SMILES string of the molecule is CC(C)CO.CC(C)CO.CC(C)CO.F[C](F)(F)[Ge]([c-]1cccc1)([C](F)(F)F)[C](F)(F)F.[Zr]. The number of halogens is 9. The largest absolute Gasteiger partial charge is 0 e. The average molecular weight is 657 g/mol. The Morgan fingerprint density at radius 3 is 0.882 bits per heavy atom. The van der Waals surface area contributed by atoms with Crippen LogP contribution in [0, 0.1) is 17.8 Å². The third kappa shape index (κ3) is 14.6. The van der Waals surface area contributed by atoms with Crippen molar-refractivity contribution in [1.82, 2.24) is 0 Å². The monoisotopic (exact) mass is 657 g/mol. The Morgan fingerprint density at radius 1 is 0.588 bits per heavy atom. The van der Waals surface area contributed by atoms with Crippen LogP contribution in [0.5, 0.6) is 0 Å². The summed E-state index contributed by atoms with van der Waals surface area (Å²) in [4.78, 5) is 0. The molecule has 0 aliphatic carbocycles. The summed E-state index contributed by atoms with van der Waals surface area (Å²) in [5, 5.41) is 5.36. The molecule has 1 rings (SSSR count). The fourth-order valence-electron chi connectivity index (χ4n) is 1.60. The van der Waals surface area contributed by atoms with Crippen LogP contribution in [0.25, 0.3) is 0 Å². The maximum atomic E-state index is 12.6. The predicted molar refractivity (Wildman–Crippen MR) is 111 cm³/mol. The number of aliphatic hydroxyl groups is 3. The first-order valence-electron chi connectivity index (χ1n) is 9.92. The van der Waals surface area contributed by atoms with Crippen molar-refractivity contribution >= 4 is 17.7 Å². The minimum atomic E-state index is -8.38. The van der Waals surface area contributed by atoms with Gasteiger partial charge in [-0.05, 0) is 17.8 Å². The van der Waals surface area contributed by atoms with Crippen LogP contribution in [-0.4, -0.2) is 63.4 Å². The maximum absolute atomic E-state index is 12.6. The molecule has 0 spiro atoms. The molecule has 34 heavy (non-hydrogen) atoms. The quantitative estimate of drug-likeness (QED) is 0.235. The molecular formula is C20H34F9GeO3Zr-. The van der Waals surface area contributed by atoms with Crippen LogP contribution in [-0.2, 0) is 26.2 Å². The van der Waals surface area contributed by atoms with Crippen LogP contribution < -0.4 is 4.40 Å². The second-order valence-corrected chi connectivity index (χ2v) is 16.1. The first-order chi connectivity index (χ1) is 14.7. The van der Waals surface area contributed by atoms with Gasteiger partial charge in [0, 0.05) is 46.0 Å². The van der Waals surface area contributed by atoms with E-state index in [1.54, 1.807) is 0 Å². The van der Waals surface area contributed by atoms with Gasteiger partial charge < -0.3 is 15.3 Å². The molecule has 0 aliphatic heterocycles. The summed E-state index contributed by atoms with van der Waals surface area (Å²) in [6.07, 6.45) is 0. The van der Waals surface area contributed by atoms with Crippen molar-refractivity contribution in [2.75, 3.05) is 19.8 Å². The molecule has 0 aliphatic rings. The van der Waals surface area contributed by atoms with Crippen molar-refractivity contribution in [3.05, 3.63) is 24.3 Å². The Morgan fingerprint density at radius 2 is 0.765 bits per heavy atom. The van der Waals surface area contributed by atoms with E-state index < -0.39 is 32.7 Å². The minimum absolute atomic E-state index is 0. The summed E-state index contributed by atoms with van der Waals surface area (Å²) in [7, 11) is 0. The fourth-order valence-corrected chi connectivity index (χ4v) is 7.13. The van der Waals surface area contributed by atoms with Gasteiger partial charge in [-0.1, -0.05) is 41.5 Å². The number of alkyl halides is 9. The van der Waals surface area contributed by atoms with Gasteiger partial charge in [-0.25, -0.2) is 0 Å². The summed E-state index contributed by atoms with van der Waals surface area (Å²) in [5.41, 5.74) is 0. The molecule has 3 N–H and O–H groups in total. The third-order valence-electron chi connectivity index (χ3n) is 3.47. The van der Waals surface area contributed by atoms with Gasteiger partial charge in [-0.15, -0.1) is 0 Å². The molecule has 0 unspecified atom stereocenters. The molecule has 0 atom stereocenters. The van der Waals surface area contributed by atoms with Crippen LogP contribution >= 0.6 is 0 Å². The molecule has 1 aromatic carbocycles. The van der Waals surface area contributed by atoms with Crippen LogP contribution in [0.4, 0.5) is 39.5 Å². The Balaban J connectivity index is -0.000000231. The van der Waals surface area contributed by atoms with Gasteiger partial charge in [-0.3, -0.25) is 0 Å². The molecule has 0 fully saturated rings. The third-order valence-corrected chi connectivity index (χ3v) is 11.3. The van der Waals surface area contributed by atoms with Gasteiger partial charge in [0.05, 0.1) is 0 Å². The Kier molecular flexibility index (Phi) is 22.2. The second kappa shape index (κ2) is 18.3. The summed E-state index contributed by atoms with van der Waals surface area (Å²) >= 11 is -8.38. The summed E-state index contributed by atoms with van der Waals surface area (Å²) < 4.78 is 111. The molecule has 204 valence electrons. The Bertz CT molecular complexity index is 531. The normalized spacial score (nSPS) is 12.1. The molecule has 14 heteroatoms. The van der Waals surface area contributed by atoms with Gasteiger partial charge in [0.1, 0.15) is 0 Å². The first-order valence-corrected chi connectivity index (χ1v) is 14.1. The molecular weight excluding hydrogens is 623 g/mol. The topological polar surface area (TPSA) is 60.7 Å². The van der Waals surface area contributed by atoms with E-state index in [4.69, 9.17) is 15.3 Å². The van der Waals surface area contributed by atoms with Gasteiger partial charge in [-0.2, -0.15) is 0 Å². The van der Waals surface area contributed by atoms with Crippen LogP contribution in [0.3, 0.4) is 0 Å². The number of hydrogen-bond donors (Lipinski definition) is 3. The molecule has 0 radical (unpaired) electrons. The summed E-state index contributed by atoms with van der Waals surface area (Å²) in [5.74, 6) is 1.32. The van der Waals surface area contributed by atoms with E-state index in [-0.39, 0.29) is 38.3 Å². The zero-order chi connectivity index (χ0) is 27.3. The van der Waals surface area contributed by atoms with Crippen molar-refractivity contribution in [1.29, 1.82) is 0 Å². The van der Waals surface area contributed by atoms with Crippen molar-refractivity contribution in [3.63, 3.8) is 0 Å². The van der Waals surface area contributed by atoms with Gasteiger partial charge >= 0.3 is 96.5 Å². The van der Waals surface area contributed by atoms with Crippen molar-refractivity contribution in [3.8, 4) is 0 Å². The molecule has 0 aromatic heterocycles. The smallest absolute Gasteiger partial charge is 0 e. The zero-order valence-electron chi connectivity index (χ0n) is 19.9. The van der Waals surface area contributed by atoms with Crippen LogP contribution in [0.15, 0.2) is 24.3 Å². The van der Waals surface area contributed by atoms with Crippen LogP contribution in [0.2, 0.25) is 0 Å². The molecule has 1 aromatic rings. The van der Waals surface area contributed by atoms with Crippen molar-refractivity contribution in [2.45, 2.75) is 56.6 Å². The van der Waals surface area contributed by atoms with Crippen LogP contribution in [0.1, 0.15) is 41.5 Å². The molecule has 0 amide bonds.